The van der Waals surface area contributed by atoms with Crippen molar-refractivity contribution in [2.45, 2.75) is 73.9 Å². The zero-order valence-electron chi connectivity index (χ0n) is 25.8. The van der Waals surface area contributed by atoms with Gasteiger partial charge in [-0.15, -0.1) is 0 Å². The number of esters is 2. The minimum absolute atomic E-state index is 0.0689. The molecular weight excluding hydrogens is 609 g/mol. The molecular formula is C32H40GeN4O6. The van der Waals surface area contributed by atoms with Crippen molar-refractivity contribution in [3.8, 4) is 11.4 Å². The van der Waals surface area contributed by atoms with E-state index in [-0.39, 0.29) is 24.6 Å². The van der Waals surface area contributed by atoms with Crippen LogP contribution < -0.4 is 10.9 Å². The number of aryl methyl sites for hydroxylation is 1. The third-order valence-corrected chi connectivity index (χ3v) is 15.7. The Morgan fingerprint density at radius 1 is 1.16 bits per heavy atom. The number of nitrogens with one attached hydrogen (secondary N) is 1. The SMILES string of the molecule is CC[C@@]1(OC(C)=O)C(=O)OCc2c1cc1n(c2=O)Cc2c-1nc1ccccc1c2C[CH2][Ge]([CH3])([CH3])[CH2]CCNC(=O)N(C)C. The Balaban J connectivity index is 1.51. The number of carbonyl (C=O) groups is 3. The number of benzene rings is 1. The summed E-state index contributed by atoms with van der Waals surface area (Å²) in [4.78, 5) is 57.5. The van der Waals surface area contributed by atoms with Gasteiger partial charge in [-0.1, -0.05) is 0 Å². The molecule has 228 valence electrons. The van der Waals surface area contributed by atoms with Crippen LogP contribution in [0.2, 0.25) is 22.0 Å². The number of hydrogen-bond donors (Lipinski definition) is 1. The first-order valence-corrected chi connectivity index (χ1v) is 22.0. The molecule has 3 aromatic rings. The zero-order valence-corrected chi connectivity index (χ0v) is 27.9. The van der Waals surface area contributed by atoms with E-state index in [4.69, 9.17) is 14.5 Å². The molecule has 2 aromatic heterocycles. The fraction of sp³-hybridized carbons (Fsp3) is 0.469. The fourth-order valence-corrected chi connectivity index (χ4v) is 11.2. The number of para-hydroxylation sites is 1. The molecule has 0 saturated carbocycles. The minimum atomic E-state index is -2.19. The molecule has 11 heteroatoms. The Labute approximate surface area is 254 Å². The summed E-state index contributed by atoms with van der Waals surface area (Å²) < 4.78 is 12.7. The van der Waals surface area contributed by atoms with Gasteiger partial charge in [0.25, 0.3) is 0 Å². The number of urea groups is 1. The van der Waals surface area contributed by atoms with Crippen molar-refractivity contribution in [2.24, 2.45) is 0 Å². The van der Waals surface area contributed by atoms with Crippen LogP contribution in [0.4, 0.5) is 4.79 Å². The van der Waals surface area contributed by atoms with E-state index in [9.17, 15) is 19.2 Å². The second-order valence-electron chi connectivity index (χ2n) is 12.5. The standard InChI is InChI=1S/C32H40GeN4O6/c1-7-32(43-20(2)38)25-17-27-28-23(18-37(27)29(39)24(25)19-42-30(32)40)21(22-11-8-9-12-26(22)35-28)13-15-33(3,4)14-10-16-34-31(41)36(5)6/h8-9,11-12,17H,7,10,13-16,18-19H2,1-6H3,(H,34,41)/t32-/m0/s1. The molecule has 0 unspecified atom stereocenters. The fourth-order valence-electron chi connectivity index (χ4n) is 6.31. The van der Waals surface area contributed by atoms with Crippen LogP contribution in [0, 0.1) is 0 Å². The number of nitrogens with zero attached hydrogens (tertiary/aromatic N) is 3. The number of pyridine rings is 2. The number of hydrogen-bond acceptors (Lipinski definition) is 7. The average Bonchev–Trinajstić information content (AvgIpc) is 3.33. The first-order chi connectivity index (χ1) is 20.4. The van der Waals surface area contributed by atoms with Gasteiger partial charge in [0.05, 0.1) is 0 Å². The van der Waals surface area contributed by atoms with Gasteiger partial charge in [-0.25, -0.2) is 0 Å². The molecule has 0 saturated heterocycles. The van der Waals surface area contributed by atoms with Gasteiger partial charge in [0, 0.05) is 0 Å². The Morgan fingerprint density at radius 3 is 2.60 bits per heavy atom. The van der Waals surface area contributed by atoms with Crippen molar-refractivity contribution in [2.75, 3.05) is 20.6 Å². The van der Waals surface area contributed by atoms with Gasteiger partial charge >= 0.3 is 255 Å². The van der Waals surface area contributed by atoms with Crippen LogP contribution >= 0.6 is 0 Å². The maximum absolute atomic E-state index is 13.9. The van der Waals surface area contributed by atoms with Crippen molar-refractivity contribution in [1.29, 1.82) is 0 Å². The van der Waals surface area contributed by atoms with E-state index in [1.807, 2.05) is 24.3 Å². The predicted molar refractivity (Wildman–Crippen MR) is 167 cm³/mol. The summed E-state index contributed by atoms with van der Waals surface area (Å²) in [5.41, 5.74) is 3.25. The Kier molecular flexibility index (Phi) is 8.44. The number of cyclic esters (lactones) is 1. The molecule has 0 aliphatic carbocycles. The first-order valence-electron chi connectivity index (χ1n) is 14.9. The third kappa shape index (κ3) is 5.69. The molecule has 2 aliphatic rings. The molecule has 0 radical (unpaired) electrons. The van der Waals surface area contributed by atoms with Crippen LogP contribution in [0.25, 0.3) is 22.3 Å². The molecule has 10 nitrogen and oxygen atoms in total. The molecule has 0 fully saturated rings. The first kappa shape index (κ1) is 30.8. The summed E-state index contributed by atoms with van der Waals surface area (Å²) in [5.74, 6) is 3.58. The second-order valence-corrected chi connectivity index (χ2v) is 23.7. The van der Waals surface area contributed by atoms with E-state index in [1.165, 1.54) is 12.5 Å². The molecule has 1 aromatic carbocycles. The summed E-state index contributed by atoms with van der Waals surface area (Å²) in [6, 6.07) is 9.81. The summed E-state index contributed by atoms with van der Waals surface area (Å²) in [6.45, 7) is 3.88. The van der Waals surface area contributed by atoms with Crippen LogP contribution in [-0.4, -0.2) is 66.3 Å². The van der Waals surface area contributed by atoms with Crippen molar-refractivity contribution < 1.29 is 23.9 Å². The van der Waals surface area contributed by atoms with Crippen LogP contribution in [-0.2, 0) is 44.2 Å². The van der Waals surface area contributed by atoms with Gasteiger partial charge in [-0.05, 0) is 0 Å². The molecule has 0 spiro atoms. The number of fused-ring (bicyclic) bond motifs is 5. The van der Waals surface area contributed by atoms with Gasteiger partial charge in [-0.3, -0.25) is 0 Å². The van der Waals surface area contributed by atoms with Crippen molar-refractivity contribution in [1.82, 2.24) is 19.8 Å². The van der Waals surface area contributed by atoms with E-state index in [1.54, 1.807) is 30.5 Å². The van der Waals surface area contributed by atoms with Crippen LogP contribution in [0.15, 0.2) is 35.1 Å². The van der Waals surface area contributed by atoms with Crippen LogP contribution in [0.3, 0.4) is 0 Å². The van der Waals surface area contributed by atoms with E-state index >= 15 is 0 Å². The predicted octanol–water partition coefficient (Wildman–Crippen LogP) is 4.56. The Hall–Kier alpha value is -3.67. The van der Waals surface area contributed by atoms with Gasteiger partial charge in [0.15, 0.2) is 0 Å². The quantitative estimate of drug-likeness (QED) is 0.160. The Morgan fingerprint density at radius 2 is 1.91 bits per heavy atom. The normalized spacial score (nSPS) is 17.1. The number of ether oxygens (including phenoxy) is 2. The molecule has 43 heavy (non-hydrogen) atoms. The van der Waals surface area contributed by atoms with Gasteiger partial charge in [-0.2, -0.15) is 0 Å². The van der Waals surface area contributed by atoms with Gasteiger partial charge in [0.2, 0.25) is 0 Å². The van der Waals surface area contributed by atoms with Gasteiger partial charge < -0.3 is 0 Å². The second kappa shape index (κ2) is 11.8. The third-order valence-electron chi connectivity index (χ3n) is 8.76. The molecule has 2 aliphatic heterocycles. The average molecular weight is 649 g/mol. The molecule has 4 heterocycles. The van der Waals surface area contributed by atoms with Gasteiger partial charge in [0.1, 0.15) is 0 Å². The molecule has 5 rings (SSSR count). The number of rotatable bonds is 9. The number of carbonyl (C=O) groups excluding carboxylic acids is 3. The summed E-state index contributed by atoms with van der Waals surface area (Å²) in [6.07, 6.45) is 1.97. The summed E-state index contributed by atoms with van der Waals surface area (Å²) >= 11 is -2.19. The number of amides is 2. The molecule has 1 atom stereocenters. The van der Waals surface area contributed by atoms with Crippen LogP contribution in [0.1, 0.15) is 48.9 Å². The van der Waals surface area contributed by atoms with Crippen molar-refractivity contribution in [3.63, 3.8) is 0 Å². The maximum atomic E-state index is 13.9. The topological polar surface area (TPSA) is 120 Å². The van der Waals surface area contributed by atoms with E-state index < -0.39 is 30.8 Å². The molecule has 1 N–H and O–H groups in total. The Bertz CT molecular complexity index is 1680. The summed E-state index contributed by atoms with van der Waals surface area (Å²) in [7, 11) is 3.48. The van der Waals surface area contributed by atoms with Crippen molar-refractivity contribution >= 4 is 42.1 Å². The van der Waals surface area contributed by atoms with E-state index in [2.05, 4.69) is 22.9 Å². The van der Waals surface area contributed by atoms with Crippen molar-refractivity contribution in [3.05, 3.63) is 62.9 Å². The zero-order chi connectivity index (χ0) is 31.1. The molecule has 2 amide bonds. The van der Waals surface area contributed by atoms with Crippen LogP contribution in [0.5, 0.6) is 0 Å². The number of aromatic nitrogens is 2. The van der Waals surface area contributed by atoms with E-state index in [0.29, 0.717) is 29.9 Å². The summed E-state index contributed by atoms with van der Waals surface area (Å²) in [5, 5.41) is 6.28. The molecule has 0 bridgehead atoms. The van der Waals surface area contributed by atoms with E-state index in [0.717, 1.165) is 45.5 Å². The monoisotopic (exact) mass is 650 g/mol.